The van der Waals surface area contributed by atoms with Gasteiger partial charge in [-0.15, -0.1) is 0 Å². The molecule has 0 radical (unpaired) electrons. The summed E-state index contributed by atoms with van der Waals surface area (Å²) in [6, 6.07) is 12.4. The number of aryl methyl sites for hydroxylation is 1. The average Bonchev–Trinajstić information content (AvgIpc) is 2.73. The molecule has 1 fully saturated rings. The Labute approximate surface area is 167 Å². The van der Waals surface area contributed by atoms with Crippen LogP contribution in [0.1, 0.15) is 44.5 Å². The molecule has 1 aliphatic heterocycles. The summed E-state index contributed by atoms with van der Waals surface area (Å²) in [5.74, 6) is 0. The molecule has 2 nitrogen and oxygen atoms in total. The number of benzene rings is 2. The van der Waals surface area contributed by atoms with Crippen molar-refractivity contribution < 1.29 is 4.39 Å². The van der Waals surface area contributed by atoms with Gasteiger partial charge in [0.05, 0.1) is 5.02 Å². The number of hydrogen-bond donors (Lipinski definition) is 0. The molecule has 0 N–H and O–H groups in total. The van der Waals surface area contributed by atoms with Gasteiger partial charge in [0, 0.05) is 43.0 Å². The predicted octanol–water partition coefficient (Wildman–Crippen LogP) is 6.13. The Morgan fingerprint density at radius 2 is 1.70 bits per heavy atom. The molecule has 4 heteroatoms. The number of piperazine rings is 1. The third kappa shape index (κ3) is 4.30. The van der Waals surface area contributed by atoms with Crippen molar-refractivity contribution in [1.29, 1.82) is 0 Å². The second-order valence-corrected chi connectivity index (χ2v) is 7.58. The van der Waals surface area contributed by atoms with E-state index in [0.29, 0.717) is 17.0 Å². The van der Waals surface area contributed by atoms with Crippen molar-refractivity contribution in [2.75, 3.05) is 37.6 Å². The molecule has 0 bridgehead atoms. The fourth-order valence-electron chi connectivity index (χ4n) is 3.87. The summed E-state index contributed by atoms with van der Waals surface area (Å²) < 4.78 is 14.8. The number of nitrogens with zero attached hydrogens (tertiary/aromatic N) is 2. The Morgan fingerprint density at radius 1 is 1.00 bits per heavy atom. The Morgan fingerprint density at radius 3 is 2.33 bits per heavy atom. The second-order valence-electron chi connectivity index (χ2n) is 7.20. The van der Waals surface area contributed by atoms with E-state index in [1.54, 1.807) is 0 Å². The first kappa shape index (κ1) is 20.2. The van der Waals surface area contributed by atoms with E-state index in [1.165, 1.54) is 5.56 Å². The zero-order chi connectivity index (χ0) is 19.4. The molecule has 27 heavy (non-hydrogen) atoms. The van der Waals surface area contributed by atoms with Crippen LogP contribution >= 0.6 is 11.6 Å². The number of alkyl halides is 1. The van der Waals surface area contributed by atoms with Crippen LogP contribution in [0.25, 0.3) is 11.1 Å². The maximum absolute atomic E-state index is 14.8. The monoisotopic (exact) mass is 388 g/mol. The highest BCUT2D eigenvalue weighted by Gasteiger charge is 2.22. The van der Waals surface area contributed by atoms with Gasteiger partial charge in [0.15, 0.2) is 0 Å². The van der Waals surface area contributed by atoms with Crippen molar-refractivity contribution in [2.45, 2.75) is 39.8 Å². The molecule has 0 spiro atoms. The fourth-order valence-corrected chi connectivity index (χ4v) is 4.20. The summed E-state index contributed by atoms with van der Waals surface area (Å²) in [5.41, 5.74) is 5.02. The van der Waals surface area contributed by atoms with E-state index in [1.807, 2.05) is 19.1 Å². The lowest BCUT2D eigenvalue weighted by Crippen LogP contribution is -2.46. The molecular formula is C23H30ClFN2. The van der Waals surface area contributed by atoms with Gasteiger partial charge in [0.2, 0.25) is 0 Å². The molecule has 1 saturated heterocycles. The molecule has 0 saturated carbocycles. The van der Waals surface area contributed by atoms with E-state index in [2.05, 4.69) is 47.9 Å². The van der Waals surface area contributed by atoms with Crippen molar-refractivity contribution >= 4 is 17.3 Å². The van der Waals surface area contributed by atoms with Crippen LogP contribution in [0.5, 0.6) is 0 Å². The zero-order valence-corrected chi connectivity index (χ0v) is 17.4. The van der Waals surface area contributed by atoms with Gasteiger partial charge >= 0.3 is 0 Å². The second kappa shape index (κ2) is 9.07. The van der Waals surface area contributed by atoms with Crippen molar-refractivity contribution in [3.63, 3.8) is 0 Å². The lowest BCUT2D eigenvalue weighted by Gasteiger charge is -2.36. The van der Waals surface area contributed by atoms with Gasteiger partial charge in [-0.3, -0.25) is 0 Å². The first-order valence-corrected chi connectivity index (χ1v) is 10.5. The standard InChI is InChI=1S/C23H30ClFN2/c1-4-17-9-7-8-10-19(17)20-15-18(16-21(23(20)24)22(25)5-2)27-13-11-26(6-3)12-14-27/h7-10,15-16,22H,4-6,11-14H2,1-3H3. The predicted molar refractivity (Wildman–Crippen MR) is 115 cm³/mol. The summed E-state index contributed by atoms with van der Waals surface area (Å²) in [7, 11) is 0. The third-order valence-electron chi connectivity index (χ3n) is 5.65. The van der Waals surface area contributed by atoms with Crippen molar-refractivity contribution in [3.8, 4) is 11.1 Å². The molecule has 1 aliphatic rings. The van der Waals surface area contributed by atoms with Gasteiger partial charge in [0.25, 0.3) is 0 Å². The Hall–Kier alpha value is -1.58. The summed E-state index contributed by atoms with van der Waals surface area (Å²) in [6.45, 7) is 11.3. The first-order chi connectivity index (χ1) is 13.1. The van der Waals surface area contributed by atoms with Gasteiger partial charge in [-0.25, -0.2) is 4.39 Å². The third-order valence-corrected chi connectivity index (χ3v) is 6.08. The van der Waals surface area contributed by atoms with Crippen molar-refractivity contribution in [2.24, 2.45) is 0 Å². The molecule has 3 rings (SSSR count). The Balaban J connectivity index is 2.07. The van der Waals surface area contributed by atoms with Gasteiger partial charge in [-0.05, 0) is 42.6 Å². The quantitative estimate of drug-likeness (QED) is 0.587. The molecule has 1 unspecified atom stereocenters. The van der Waals surface area contributed by atoms with Crippen LogP contribution < -0.4 is 4.90 Å². The van der Waals surface area contributed by atoms with Gasteiger partial charge in [-0.1, -0.05) is 56.6 Å². The van der Waals surface area contributed by atoms with Crippen molar-refractivity contribution in [1.82, 2.24) is 4.90 Å². The lowest BCUT2D eigenvalue weighted by atomic mass is 9.94. The van der Waals surface area contributed by atoms with Gasteiger partial charge < -0.3 is 9.80 Å². The summed E-state index contributed by atoms with van der Waals surface area (Å²) in [5, 5.41) is 0.557. The van der Waals surface area contributed by atoms with E-state index in [-0.39, 0.29) is 0 Å². The maximum Gasteiger partial charge on any atom is 0.126 e. The largest absolute Gasteiger partial charge is 0.369 e. The van der Waals surface area contributed by atoms with E-state index in [9.17, 15) is 4.39 Å². The highest BCUT2D eigenvalue weighted by molar-refractivity contribution is 6.34. The number of anilines is 1. The molecule has 2 aromatic rings. The summed E-state index contributed by atoms with van der Waals surface area (Å²) in [6.07, 6.45) is 0.317. The molecule has 2 aromatic carbocycles. The number of halogens is 2. The smallest absolute Gasteiger partial charge is 0.126 e. The highest BCUT2D eigenvalue weighted by atomic mass is 35.5. The summed E-state index contributed by atoms with van der Waals surface area (Å²) in [4.78, 5) is 4.82. The number of hydrogen-bond acceptors (Lipinski definition) is 2. The minimum atomic E-state index is -1.04. The van der Waals surface area contributed by atoms with Crippen LogP contribution in [0.15, 0.2) is 36.4 Å². The van der Waals surface area contributed by atoms with Crippen LogP contribution in [0, 0.1) is 0 Å². The van der Waals surface area contributed by atoms with Crippen LogP contribution in [0.4, 0.5) is 10.1 Å². The molecule has 0 aliphatic carbocycles. The number of likely N-dealkylation sites (N-methyl/N-ethyl adjacent to an activating group) is 1. The van der Waals surface area contributed by atoms with Gasteiger partial charge in [-0.2, -0.15) is 0 Å². The highest BCUT2D eigenvalue weighted by Crippen LogP contribution is 2.41. The topological polar surface area (TPSA) is 6.48 Å². The lowest BCUT2D eigenvalue weighted by molar-refractivity contribution is 0.271. The minimum Gasteiger partial charge on any atom is -0.369 e. The minimum absolute atomic E-state index is 0.432. The van der Waals surface area contributed by atoms with Crippen molar-refractivity contribution in [3.05, 3.63) is 52.5 Å². The van der Waals surface area contributed by atoms with Crippen LogP contribution in [0.3, 0.4) is 0 Å². The maximum atomic E-state index is 14.8. The molecule has 0 aromatic heterocycles. The van der Waals surface area contributed by atoms with Crippen LogP contribution in [-0.2, 0) is 6.42 Å². The van der Waals surface area contributed by atoms with Crippen LogP contribution in [-0.4, -0.2) is 37.6 Å². The van der Waals surface area contributed by atoms with E-state index in [0.717, 1.165) is 56.0 Å². The average molecular weight is 389 g/mol. The fraction of sp³-hybridized carbons (Fsp3) is 0.478. The summed E-state index contributed by atoms with van der Waals surface area (Å²) >= 11 is 6.74. The molecular weight excluding hydrogens is 359 g/mol. The Bertz CT molecular complexity index is 769. The van der Waals surface area contributed by atoms with E-state index in [4.69, 9.17) is 11.6 Å². The van der Waals surface area contributed by atoms with E-state index < -0.39 is 6.17 Å². The molecule has 146 valence electrons. The Kier molecular flexibility index (Phi) is 6.78. The first-order valence-electron chi connectivity index (χ1n) is 10.1. The van der Waals surface area contributed by atoms with Crippen LogP contribution in [0.2, 0.25) is 5.02 Å². The molecule has 1 atom stereocenters. The molecule has 1 heterocycles. The number of rotatable bonds is 6. The van der Waals surface area contributed by atoms with Gasteiger partial charge in [0.1, 0.15) is 6.17 Å². The zero-order valence-electron chi connectivity index (χ0n) is 16.6. The SMILES string of the molecule is CCc1ccccc1-c1cc(N2CCN(CC)CC2)cc(C(F)CC)c1Cl. The normalized spacial score (nSPS) is 16.6. The van der Waals surface area contributed by atoms with E-state index >= 15 is 0 Å². The molecule has 0 amide bonds.